The minimum absolute atomic E-state index is 0.100. The number of hydrogen-bond acceptors (Lipinski definition) is 3. The van der Waals surface area contributed by atoms with Gasteiger partial charge in [0.25, 0.3) is 5.91 Å². The van der Waals surface area contributed by atoms with Crippen molar-refractivity contribution in [2.75, 3.05) is 0 Å². The third kappa shape index (κ3) is 3.39. The number of aryl methyl sites for hydroxylation is 1. The molecule has 0 aliphatic heterocycles. The lowest BCUT2D eigenvalue weighted by atomic mass is 9.96. The van der Waals surface area contributed by atoms with Crippen molar-refractivity contribution in [1.29, 1.82) is 0 Å². The largest absolute Gasteiger partial charge is 0.361 e. The van der Waals surface area contributed by atoms with Crippen LogP contribution in [-0.4, -0.2) is 11.1 Å². The van der Waals surface area contributed by atoms with Crippen LogP contribution >= 0.6 is 11.6 Å². The molecule has 1 atom stereocenters. The maximum Gasteiger partial charge on any atom is 0.273 e. The lowest BCUT2D eigenvalue weighted by Crippen LogP contribution is -2.31. The van der Waals surface area contributed by atoms with Gasteiger partial charge >= 0.3 is 0 Å². The summed E-state index contributed by atoms with van der Waals surface area (Å²) in [5.74, 6) is 0.617. The SMILES string of the molecule is Cc1cc(C(=O)NC(c2ccc(Cl)cc2)C(C)C)no1. The average molecular weight is 293 g/mol. The van der Waals surface area contributed by atoms with Crippen molar-refractivity contribution in [3.63, 3.8) is 0 Å². The van der Waals surface area contributed by atoms with E-state index in [1.54, 1.807) is 13.0 Å². The van der Waals surface area contributed by atoms with E-state index in [0.29, 0.717) is 16.5 Å². The molecule has 1 N–H and O–H groups in total. The second kappa shape index (κ2) is 6.09. The average Bonchev–Trinajstić information content (AvgIpc) is 2.83. The minimum Gasteiger partial charge on any atom is -0.361 e. The summed E-state index contributed by atoms with van der Waals surface area (Å²) in [5.41, 5.74) is 1.31. The summed E-state index contributed by atoms with van der Waals surface area (Å²) >= 11 is 5.89. The van der Waals surface area contributed by atoms with Gasteiger partial charge in [0.05, 0.1) is 6.04 Å². The second-order valence-electron chi connectivity index (χ2n) is 5.07. The number of rotatable bonds is 4. The number of aromatic nitrogens is 1. The summed E-state index contributed by atoms with van der Waals surface area (Å²) in [7, 11) is 0. The summed E-state index contributed by atoms with van der Waals surface area (Å²) < 4.78 is 4.92. The van der Waals surface area contributed by atoms with Crippen molar-refractivity contribution in [2.24, 2.45) is 5.92 Å². The quantitative estimate of drug-likeness (QED) is 0.933. The van der Waals surface area contributed by atoms with Crippen LogP contribution < -0.4 is 5.32 Å². The Labute approximate surface area is 123 Å². The highest BCUT2D eigenvalue weighted by Crippen LogP contribution is 2.23. The van der Waals surface area contributed by atoms with Crippen molar-refractivity contribution < 1.29 is 9.32 Å². The van der Waals surface area contributed by atoms with Gasteiger partial charge in [-0.3, -0.25) is 4.79 Å². The van der Waals surface area contributed by atoms with Gasteiger partial charge in [0.15, 0.2) is 5.69 Å². The number of carbonyl (C=O) groups is 1. The molecular formula is C15H17ClN2O2. The van der Waals surface area contributed by atoms with E-state index in [0.717, 1.165) is 5.56 Å². The topological polar surface area (TPSA) is 55.1 Å². The van der Waals surface area contributed by atoms with Gasteiger partial charge in [-0.15, -0.1) is 0 Å². The van der Waals surface area contributed by atoms with Crippen LogP contribution in [0.25, 0.3) is 0 Å². The Bertz CT molecular complexity index is 590. The first-order valence-corrected chi connectivity index (χ1v) is 6.85. The smallest absolute Gasteiger partial charge is 0.273 e. The van der Waals surface area contributed by atoms with E-state index >= 15 is 0 Å². The lowest BCUT2D eigenvalue weighted by Gasteiger charge is -2.22. The fraction of sp³-hybridized carbons (Fsp3) is 0.333. The fourth-order valence-corrected chi connectivity index (χ4v) is 2.12. The molecule has 0 fully saturated rings. The van der Waals surface area contributed by atoms with E-state index in [4.69, 9.17) is 16.1 Å². The lowest BCUT2D eigenvalue weighted by molar-refractivity contribution is 0.0916. The zero-order valence-electron chi connectivity index (χ0n) is 11.7. The molecule has 0 aliphatic carbocycles. The Morgan fingerprint density at radius 3 is 2.45 bits per heavy atom. The highest BCUT2D eigenvalue weighted by Gasteiger charge is 2.20. The van der Waals surface area contributed by atoms with Gasteiger partial charge in [-0.25, -0.2) is 0 Å². The standard InChI is InChI=1S/C15H17ClN2O2/c1-9(2)14(11-4-6-12(16)7-5-11)17-15(19)13-8-10(3)20-18-13/h4-9,14H,1-3H3,(H,17,19). The molecule has 2 rings (SSSR count). The van der Waals surface area contributed by atoms with Gasteiger partial charge in [-0.2, -0.15) is 0 Å². The molecule has 1 aromatic heterocycles. The van der Waals surface area contributed by atoms with Crippen LogP contribution in [0.5, 0.6) is 0 Å². The van der Waals surface area contributed by atoms with E-state index in [1.807, 2.05) is 38.1 Å². The van der Waals surface area contributed by atoms with Crippen LogP contribution in [0, 0.1) is 12.8 Å². The van der Waals surface area contributed by atoms with Gasteiger partial charge in [0.1, 0.15) is 5.76 Å². The molecule has 0 spiro atoms. The number of hydrogen-bond donors (Lipinski definition) is 1. The van der Waals surface area contributed by atoms with Gasteiger partial charge in [-0.1, -0.05) is 42.7 Å². The zero-order chi connectivity index (χ0) is 14.7. The molecule has 0 aliphatic rings. The number of nitrogens with one attached hydrogen (secondary N) is 1. The molecule has 0 bridgehead atoms. The molecular weight excluding hydrogens is 276 g/mol. The van der Waals surface area contributed by atoms with Crippen LogP contribution in [0.1, 0.15) is 41.7 Å². The molecule has 1 aromatic carbocycles. The Morgan fingerprint density at radius 1 is 1.30 bits per heavy atom. The molecule has 2 aromatic rings. The summed E-state index contributed by atoms with van der Waals surface area (Å²) in [6.07, 6.45) is 0. The molecule has 106 valence electrons. The van der Waals surface area contributed by atoms with Crippen LogP contribution in [0.4, 0.5) is 0 Å². The van der Waals surface area contributed by atoms with E-state index < -0.39 is 0 Å². The normalized spacial score (nSPS) is 12.4. The van der Waals surface area contributed by atoms with Crippen LogP contribution in [0.3, 0.4) is 0 Å². The molecule has 1 heterocycles. The van der Waals surface area contributed by atoms with Gasteiger partial charge in [0.2, 0.25) is 0 Å². The monoisotopic (exact) mass is 292 g/mol. The summed E-state index contributed by atoms with van der Waals surface area (Å²) in [6.45, 7) is 5.85. The molecule has 0 radical (unpaired) electrons. The first-order chi connectivity index (χ1) is 9.47. The molecule has 20 heavy (non-hydrogen) atoms. The third-order valence-corrected chi connectivity index (χ3v) is 3.29. The molecule has 1 amide bonds. The maximum absolute atomic E-state index is 12.2. The van der Waals surface area contributed by atoms with Crippen LogP contribution in [-0.2, 0) is 0 Å². The first-order valence-electron chi connectivity index (χ1n) is 6.47. The number of carbonyl (C=O) groups excluding carboxylic acids is 1. The highest BCUT2D eigenvalue weighted by atomic mass is 35.5. The van der Waals surface area contributed by atoms with Crippen molar-refractivity contribution >= 4 is 17.5 Å². The predicted octanol–water partition coefficient (Wildman–Crippen LogP) is 3.76. The summed E-state index contributed by atoms with van der Waals surface area (Å²) in [6, 6.07) is 8.99. The molecule has 0 saturated carbocycles. The molecule has 1 unspecified atom stereocenters. The Kier molecular flexibility index (Phi) is 4.45. The maximum atomic E-state index is 12.2. The molecule has 5 heteroatoms. The van der Waals surface area contributed by atoms with Crippen molar-refractivity contribution in [3.05, 3.63) is 52.4 Å². The minimum atomic E-state index is -0.240. The number of halogens is 1. The van der Waals surface area contributed by atoms with Gasteiger partial charge in [-0.05, 0) is 30.5 Å². The Balaban J connectivity index is 2.17. The fourth-order valence-electron chi connectivity index (χ4n) is 1.99. The van der Waals surface area contributed by atoms with Crippen LogP contribution in [0.15, 0.2) is 34.9 Å². The molecule has 4 nitrogen and oxygen atoms in total. The van der Waals surface area contributed by atoms with E-state index in [9.17, 15) is 4.79 Å². The summed E-state index contributed by atoms with van der Waals surface area (Å²) in [5, 5.41) is 7.38. The number of nitrogens with zero attached hydrogens (tertiary/aromatic N) is 1. The zero-order valence-corrected chi connectivity index (χ0v) is 12.4. The van der Waals surface area contributed by atoms with Gasteiger partial charge < -0.3 is 9.84 Å². The second-order valence-corrected chi connectivity index (χ2v) is 5.51. The third-order valence-electron chi connectivity index (χ3n) is 3.04. The van der Waals surface area contributed by atoms with Crippen molar-refractivity contribution in [2.45, 2.75) is 26.8 Å². The van der Waals surface area contributed by atoms with Gasteiger partial charge in [0, 0.05) is 11.1 Å². The predicted molar refractivity (Wildman–Crippen MR) is 77.7 cm³/mol. The Hall–Kier alpha value is -1.81. The number of amides is 1. The summed E-state index contributed by atoms with van der Waals surface area (Å²) in [4.78, 5) is 12.2. The van der Waals surface area contributed by atoms with Crippen LogP contribution in [0.2, 0.25) is 5.02 Å². The number of benzene rings is 1. The highest BCUT2D eigenvalue weighted by molar-refractivity contribution is 6.30. The van der Waals surface area contributed by atoms with E-state index in [-0.39, 0.29) is 17.9 Å². The van der Waals surface area contributed by atoms with E-state index in [1.165, 1.54) is 0 Å². The van der Waals surface area contributed by atoms with Crippen molar-refractivity contribution in [1.82, 2.24) is 10.5 Å². The molecule has 0 saturated heterocycles. The van der Waals surface area contributed by atoms with E-state index in [2.05, 4.69) is 10.5 Å². The Morgan fingerprint density at radius 2 is 1.95 bits per heavy atom. The van der Waals surface area contributed by atoms with Crippen molar-refractivity contribution in [3.8, 4) is 0 Å². The first kappa shape index (κ1) is 14.6.